The van der Waals surface area contributed by atoms with Crippen LogP contribution in [0.25, 0.3) is 0 Å². The Kier molecular flexibility index (Phi) is 3.85. The van der Waals surface area contributed by atoms with E-state index in [-0.39, 0.29) is 11.8 Å². The van der Waals surface area contributed by atoms with E-state index in [2.05, 4.69) is 5.32 Å². The molecule has 1 unspecified atom stereocenters. The molecular weight excluding hydrogens is 154 g/mol. The lowest BCUT2D eigenvalue weighted by molar-refractivity contribution is 0.467. The van der Waals surface area contributed by atoms with Crippen LogP contribution in [0.3, 0.4) is 0 Å². The van der Waals surface area contributed by atoms with Crippen molar-refractivity contribution in [2.45, 2.75) is 19.4 Å². The van der Waals surface area contributed by atoms with Crippen LogP contribution in [-0.2, 0) is 10.1 Å². The monoisotopic (exact) mass is 167 g/mol. The van der Waals surface area contributed by atoms with Crippen LogP contribution in [-0.4, -0.2) is 31.8 Å². The van der Waals surface area contributed by atoms with Gasteiger partial charge in [0.1, 0.15) is 0 Å². The molecule has 0 spiro atoms. The highest BCUT2D eigenvalue weighted by molar-refractivity contribution is 7.85. The van der Waals surface area contributed by atoms with Crippen molar-refractivity contribution in [1.29, 1.82) is 0 Å². The second-order valence-corrected chi connectivity index (χ2v) is 3.64. The van der Waals surface area contributed by atoms with Gasteiger partial charge >= 0.3 is 0 Å². The van der Waals surface area contributed by atoms with Gasteiger partial charge in [0, 0.05) is 6.04 Å². The normalized spacial score (nSPS) is 15.1. The van der Waals surface area contributed by atoms with E-state index >= 15 is 0 Å². The molecule has 10 heavy (non-hydrogen) atoms. The summed E-state index contributed by atoms with van der Waals surface area (Å²) in [5.74, 6) is -0.208. The summed E-state index contributed by atoms with van der Waals surface area (Å²) in [6.07, 6.45) is 0.691. The van der Waals surface area contributed by atoms with Crippen LogP contribution >= 0.6 is 0 Å². The lowest BCUT2D eigenvalue weighted by Gasteiger charge is -2.10. The van der Waals surface area contributed by atoms with E-state index < -0.39 is 10.1 Å². The van der Waals surface area contributed by atoms with Crippen molar-refractivity contribution in [2.75, 3.05) is 12.8 Å². The van der Waals surface area contributed by atoms with Crippen molar-refractivity contribution in [3.8, 4) is 0 Å². The van der Waals surface area contributed by atoms with E-state index in [9.17, 15) is 8.42 Å². The molecule has 0 rings (SSSR count). The molecule has 0 aromatic heterocycles. The van der Waals surface area contributed by atoms with Gasteiger partial charge in [0.05, 0.1) is 5.75 Å². The molecule has 0 aliphatic carbocycles. The van der Waals surface area contributed by atoms with Gasteiger partial charge in [0.2, 0.25) is 0 Å². The molecule has 1 atom stereocenters. The molecule has 62 valence electrons. The number of nitrogens with one attached hydrogen (secondary N) is 1. The third-order valence-corrected chi connectivity index (χ3v) is 2.14. The Morgan fingerprint density at radius 2 is 2.10 bits per heavy atom. The predicted octanol–water partition coefficient (Wildman–Crippen LogP) is -0.128. The molecule has 0 aliphatic heterocycles. The highest BCUT2D eigenvalue weighted by Crippen LogP contribution is 1.93. The summed E-state index contributed by atoms with van der Waals surface area (Å²) in [5.41, 5.74) is 0. The van der Waals surface area contributed by atoms with Crippen LogP contribution in [0.4, 0.5) is 0 Å². The third-order valence-electron chi connectivity index (χ3n) is 1.31. The first kappa shape index (κ1) is 9.87. The zero-order valence-corrected chi connectivity index (χ0v) is 6.98. The second-order valence-electron chi connectivity index (χ2n) is 2.14. The lowest BCUT2D eigenvalue weighted by atomic mass is 10.3. The fourth-order valence-corrected chi connectivity index (χ4v) is 1.57. The van der Waals surface area contributed by atoms with E-state index in [1.54, 1.807) is 7.05 Å². The van der Waals surface area contributed by atoms with Gasteiger partial charge in [-0.3, -0.25) is 4.55 Å². The van der Waals surface area contributed by atoms with Crippen molar-refractivity contribution in [3.05, 3.63) is 0 Å². The van der Waals surface area contributed by atoms with E-state index in [0.29, 0.717) is 6.42 Å². The standard InChI is InChI=1S/C5H13NO3S/c1-3-5(6-2)4-10(7,8)9/h5-6H,3-4H2,1-2H3,(H,7,8,9). The van der Waals surface area contributed by atoms with Gasteiger partial charge in [-0.15, -0.1) is 0 Å². The van der Waals surface area contributed by atoms with Crippen molar-refractivity contribution < 1.29 is 13.0 Å². The molecule has 0 aliphatic rings. The Morgan fingerprint density at radius 3 is 2.20 bits per heavy atom. The maximum Gasteiger partial charge on any atom is 0.266 e. The summed E-state index contributed by atoms with van der Waals surface area (Å²) in [7, 11) is -2.14. The molecule has 4 nitrogen and oxygen atoms in total. The van der Waals surface area contributed by atoms with Crippen LogP contribution in [0.1, 0.15) is 13.3 Å². The minimum absolute atomic E-state index is 0.144. The van der Waals surface area contributed by atoms with E-state index in [1.807, 2.05) is 6.92 Å². The molecular formula is C5H13NO3S. The fraction of sp³-hybridized carbons (Fsp3) is 1.00. The van der Waals surface area contributed by atoms with Gasteiger partial charge < -0.3 is 5.32 Å². The topological polar surface area (TPSA) is 66.4 Å². The maximum absolute atomic E-state index is 10.3. The summed E-state index contributed by atoms with van der Waals surface area (Å²) in [4.78, 5) is 0. The summed E-state index contributed by atoms with van der Waals surface area (Å²) in [5, 5.41) is 2.77. The molecule has 0 aromatic carbocycles. The van der Waals surface area contributed by atoms with Gasteiger partial charge in [-0.2, -0.15) is 8.42 Å². The van der Waals surface area contributed by atoms with Gasteiger partial charge in [-0.25, -0.2) is 0 Å². The van der Waals surface area contributed by atoms with Crippen LogP contribution in [0.15, 0.2) is 0 Å². The molecule has 0 bridgehead atoms. The van der Waals surface area contributed by atoms with Crippen molar-refractivity contribution in [2.24, 2.45) is 0 Å². The molecule has 0 amide bonds. The molecule has 0 fully saturated rings. The fourth-order valence-electron chi connectivity index (χ4n) is 0.660. The Balaban J connectivity index is 3.87. The first-order valence-electron chi connectivity index (χ1n) is 3.12. The van der Waals surface area contributed by atoms with Gasteiger partial charge in [0.25, 0.3) is 10.1 Å². The Bertz CT molecular complexity index is 171. The molecule has 0 heterocycles. The van der Waals surface area contributed by atoms with Crippen LogP contribution < -0.4 is 5.32 Å². The molecule has 0 aromatic rings. The van der Waals surface area contributed by atoms with Gasteiger partial charge in [-0.05, 0) is 13.5 Å². The predicted molar refractivity (Wildman–Crippen MR) is 39.6 cm³/mol. The first-order chi connectivity index (χ1) is 4.49. The third kappa shape index (κ3) is 4.72. The Morgan fingerprint density at radius 1 is 1.60 bits per heavy atom. The summed E-state index contributed by atoms with van der Waals surface area (Å²) < 4.78 is 28.9. The Labute approximate surface area is 61.4 Å². The average Bonchev–Trinajstić information content (AvgIpc) is 1.81. The van der Waals surface area contributed by atoms with Crippen molar-refractivity contribution in [1.82, 2.24) is 5.32 Å². The first-order valence-corrected chi connectivity index (χ1v) is 4.73. The quantitative estimate of drug-likeness (QED) is 0.572. The van der Waals surface area contributed by atoms with E-state index in [1.165, 1.54) is 0 Å². The highest BCUT2D eigenvalue weighted by Gasteiger charge is 2.12. The molecule has 5 heteroatoms. The summed E-state index contributed by atoms with van der Waals surface area (Å²) in [6.45, 7) is 1.85. The number of rotatable bonds is 4. The van der Waals surface area contributed by atoms with Gasteiger partial charge in [-0.1, -0.05) is 6.92 Å². The van der Waals surface area contributed by atoms with E-state index in [4.69, 9.17) is 4.55 Å². The molecule has 0 saturated carbocycles. The summed E-state index contributed by atoms with van der Waals surface area (Å²) >= 11 is 0. The van der Waals surface area contributed by atoms with Crippen LogP contribution in [0, 0.1) is 0 Å². The maximum atomic E-state index is 10.3. The van der Waals surface area contributed by atoms with Crippen molar-refractivity contribution >= 4 is 10.1 Å². The number of hydrogen-bond acceptors (Lipinski definition) is 3. The minimum Gasteiger partial charge on any atom is -0.316 e. The van der Waals surface area contributed by atoms with E-state index in [0.717, 1.165) is 0 Å². The van der Waals surface area contributed by atoms with Crippen molar-refractivity contribution in [3.63, 3.8) is 0 Å². The van der Waals surface area contributed by atoms with Crippen LogP contribution in [0.5, 0.6) is 0 Å². The van der Waals surface area contributed by atoms with Crippen LogP contribution in [0.2, 0.25) is 0 Å². The largest absolute Gasteiger partial charge is 0.316 e. The zero-order valence-electron chi connectivity index (χ0n) is 6.16. The summed E-state index contributed by atoms with van der Waals surface area (Å²) in [6, 6.07) is -0.144. The minimum atomic E-state index is -3.81. The lowest BCUT2D eigenvalue weighted by Crippen LogP contribution is -2.31. The smallest absolute Gasteiger partial charge is 0.266 e. The second kappa shape index (κ2) is 3.90. The molecule has 0 saturated heterocycles. The highest BCUT2D eigenvalue weighted by atomic mass is 32.2. The number of hydrogen-bond donors (Lipinski definition) is 2. The zero-order chi connectivity index (χ0) is 8.20. The van der Waals surface area contributed by atoms with Gasteiger partial charge in [0.15, 0.2) is 0 Å². The Hall–Kier alpha value is -0.130. The average molecular weight is 167 g/mol. The molecule has 2 N–H and O–H groups in total. The molecule has 0 radical (unpaired) electrons. The SMILES string of the molecule is CCC(CS(=O)(=O)O)NC.